The Balaban J connectivity index is 1.57. The fourth-order valence-electron chi connectivity index (χ4n) is 4.31. The van der Waals surface area contributed by atoms with E-state index in [1.807, 2.05) is 30.3 Å². The Labute approximate surface area is 239 Å². The average Bonchev–Trinajstić information content (AvgIpc) is 3.29. The van der Waals surface area contributed by atoms with Gasteiger partial charge in [0.05, 0.1) is 23.9 Å². The molecule has 0 fully saturated rings. The topological polar surface area (TPSA) is 93.3 Å². The number of pyridine rings is 2. The van der Waals surface area contributed by atoms with E-state index in [0.29, 0.717) is 30.1 Å². The zero-order valence-corrected chi connectivity index (χ0v) is 23.1. The molecule has 0 radical (unpaired) electrons. The van der Waals surface area contributed by atoms with Gasteiger partial charge in [-0.1, -0.05) is 30.3 Å². The third-order valence-electron chi connectivity index (χ3n) is 6.58. The van der Waals surface area contributed by atoms with Crippen LogP contribution in [0, 0.1) is 6.92 Å². The molecule has 218 valence electrons. The molecule has 1 unspecified atom stereocenters. The van der Waals surface area contributed by atoms with Gasteiger partial charge in [0, 0.05) is 25.0 Å². The van der Waals surface area contributed by atoms with Gasteiger partial charge in [-0.25, -0.2) is 9.78 Å². The van der Waals surface area contributed by atoms with Gasteiger partial charge in [-0.15, -0.1) is 5.10 Å². The van der Waals surface area contributed by atoms with Crippen molar-refractivity contribution in [1.82, 2.24) is 24.3 Å². The van der Waals surface area contributed by atoms with E-state index in [4.69, 9.17) is 14.2 Å². The monoisotopic (exact) mass is 579 g/mol. The Morgan fingerprint density at radius 1 is 1.00 bits per heavy atom. The van der Waals surface area contributed by atoms with E-state index >= 15 is 0 Å². The fraction of sp³-hybridized carbons (Fsp3) is 0.267. The number of nitrogens with zero attached hydrogens (tertiary/aromatic N) is 5. The van der Waals surface area contributed by atoms with Crippen LogP contribution < -0.4 is 15.2 Å². The molecule has 3 heterocycles. The van der Waals surface area contributed by atoms with Gasteiger partial charge in [0.25, 0.3) is 0 Å². The first-order valence-electron chi connectivity index (χ1n) is 13.2. The summed E-state index contributed by atoms with van der Waals surface area (Å²) in [5, 5.41) is 5.11. The molecule has 12 heteroatoms. The molecule has 42 heavy (non-hydrogen) atoms. The molecule has 0 aliphatic rings. The van der Waals surface area contributed by atoms with Gasteiger partial charge in [0.15, 0.2) is 17.7 Å². The van der Waals surface area contributed by atoms with E-state index in [9.17, 15) is 18.0 Å². The Morgan fingerprint density at radius 2 is 1.79 bits per heavy atom. The van der Waals surface area contributed by atoms with Crippen molar-refractivity contribution in [2.45, 2.75) is 52.8 Å². The molecule has 9 nitrogen and oxygen atoms in total. The van der Waals surface area contributed by atoms with Crippen LogP contribution in [0.3, 0.4) is 0 Å². The summed E-state index contributed by atoms with van der Waals surface area (Å²) in [7, 11) is 0. The van der Waals surface area contributed by atoms with Crippen LogP contribution in [0.5, 0.6) is 17.4 Å². The van der Waals surface area contributed by atoms with Gasteiger partial charge in [0.2, 0.25) is 5.88 Å². The van der Waals surface area contributed by atoms with Gasteiger partial charge in [0.1, 0.15) is 12.4 Å². The second kappa shape index (κ2) is 12.0. The molecule has 0 N–H and O–H groups in total. The van der Waals surface area contributed by atoms with Crippen molar-refractivity contribution < 1.29 is 27.4 Å². The van der Waals surface area contributed by atoms with Gasteiger partial charge >= 0.3 is 11.9 Å². The summed E-state index contributed by atoms with van der Waals surface area (Å²) >= 11 is 0. The van der Waals surface area contributed by atoms with Gasteiger partial charge < -0.3 is 14.2 Å². The predicted molar refractivity (Wildman–Crippen MR) is 149 cm³/mol. The van der Waals surface area contributed by atoms with Crippen LogP contribution in [0.25, 0.3) is 16.5 Å². The van der Waals surface area contributed by atoms with Crippen LogP contribution in [0.2, 0.25) is 0 Å². The van der Waals surface area contributed by atoms with Crippen molar-refractivity contribution in [2.75, 3.05) is 0 Å². The van der Waals surface area contributed by atoms with Gasteiger partial charge in [-0.3, -0.25) is 9.55 Å². The standard InChI is InChI=1S/C30H28F3N5O4/c1-4-37-26(18-40-17-21-8-6-5-7-9-21)36-38(29(37)39)23-14-22-11-13-35-28(42-25-16-34-12-10-19(25)2)27(22)24(15-23)41-20(3)30(31,32)33/h5-16,20H,4,17-18H2,1-3H3. The number of ether oxygens (including phenoxy) is 3. The van der Waals surface area contributed by atoms with Crippen LogP contribution in [-0.4, -0.2) is 36.6 Å². The van der Waals surface area contributed by atoms with Crippen molar-refractivity contribution in [2.24, 2.45) is 0 Å². The lowest BCUT2D eigenvalue weighted by molar-refractivity contribution is -0.189. The number of aromatic nitrogens is 5. The van der Waals surface area contributed by atoms with Gasteiger partial charge in [-0.05, 0) is 55.5 Å². The van der Waals surface area contributed by atoms with Gasteiger partial charge in [-0.2, -0.15) is 17.9 Å². The molecule has 0 amide bonds. The van der Waals surface area contributed by atoms with Crippen molar-refractivity contribution in [3.63, 3.8) is 0 Å². The molecular weight excluding hydrogens is 551 g/mol. The molecule has 2 aromatic carbocycles. The summed E-state index contributed by atoms with van der Waals surface area (Å²) in [5.74, 6) is 0.614. The van der Waals surface area contributed by atoms with Crippen molar-refractivity contribution in [1.29, 1.82) is 0 Å². The maximum atomic E-state index is 13.6. The maximum absolute atomic E-state index is 13.6. The largest absolute Gasteiger partial charge is 0.480 e. The summed E-state index contributed by atoms with van der Waals surface area (Å²) in [5.41, 5.74) is 1.46. The molecule has 0 aliphatic carbocycles. The fourth-order valence-corrected chi connectivity index (χ4v) is 4.31. The van der Waals surface area contributed by atoms with E-state index in [1.54, 1.807) is 38.2 Å². The Morgan fingerprint density at radius 3 is 2.50 bits per heavy atom. The number of rotatable bonds is 10. The van der Waals surface area contributed by atoms with Crippen LogP contribution in [-0.2, 0) is 24.5 Å². The summed E-state index contributed by atoms with van der Waals surface area (Å²) in [6.07, 6.45) is -2.26. The molecule has 0 aliphatic heterocycles. The van der Waals surface area contributed by atoms with Crippen molar-refractivity contribution >= 4 is 10.8 Å². The average molecular weight is 580 g/mol. The van der Waals surface area contributed by atoms with E-state index in [2.05, 4.69) is 15.1 Å². The van der Waals surface area contributed by atoms with E-state index in [1.165, 1.54) is 23.0 Å². The molecule has 5 rings (SSSR count). The van der Waals surface area contributed by atoms with E-state index in [0.717, 1.165) is 22.7 Å². The summed E-state index contributed by atoms with van der Waals surface area (Å²) in [4.78, 5) is 21.7. The number of benzene rings is 2. The summed E-state index contributed by atoms with van der Waals surface area (Å²) in [6, 6.07) is 15.8. The number of alkyl halides is 3. The lowest BCUT2D eigenvalue weighted by Gasteiger charge is -2.20. The number of halogens is 3. The minimum Gasteiger partial charge on any atom is -0.480 e. The minimum absolute atomic E-state index is 0.0287. The molecular formula is C30H28F3N5O4. The normalized spacial score (nSPS) is 12.4. The quantitative estimate of drug-likeness (QED) is 0.196. The molecule has 3 aromatic heterocycles. The molecule has 0 saturated heterocycles. The highest BCUT2D eigenvalue weighted by Crippen LogP contribution is 2.39. The SMILES string of the molecule is CCn1c(COCc2ccccc2)nn(-c2cc(OC(C)C(F)(F)F)c3c(Oc4cnccc4C)nccc3c2)c1=O. The van der Waals surface area contributed by atoms with Crippen LogP contribution in [0.1, 0.15) is 30.8 Å². The Hall–Kier alpha value is -4.71. The molecule has 0 saturated carbocycles. The first-order chi connectivity index (χ1) is 20.2. The summed E-state index contributed by atoms with van der Waals surface area (Å²) in [6.45, 7) is 5.20. The second-order valence-electron chi connectivity index (χ2n) is 9.54. The highest BCUT2D eigenvalue weighted by atomic mass is 19.4. The lowest BCUT2D eigenvalue weighted by atomic mass is 10.1. The van der Waals surface area contributed by atoms with E-state index in [-0.39, 0.29) is 29.3 Å². The summed E-state index contributed by atoms with van der Waals surface area (Å²) < 4.78 is 60.6. The minimum atomic E-state index is -4.64. The Kier molecular flexibility index (Phi) is 8.25. The van der Waals surface area contributed by atoms with Crippen molar-refractivity contribution in [3.8, 4) is 23.1 Å². The maximum Gasteiger partial charge on any atom is 0.425 e. The Bertz CT molecular complexity index is 1750. The van der Waals surface area contributed by atoms with Crippen LogP contribution >= 0.6 is 0 Å². The first kappa shape index (κ1) is 28.8. The number of hydrogen-bond acceptors (Lipinski definition) is 7. The molecule has 0 spiro atoms. The molecule has 5 aromatic rings. The zero-order valence-electron chi connectivity index (χ0n) is 23.1. The molecule has 0 bridgehead atoms. The first-order valence-corrected chi connectivity index (χ1v) is 13.2. The van der Waals surface area contributed by atoms with Crippen molar-refractivity contribution in [3.05, 3.63) is 101 Å². The van der Waals surface area contributed by atoms with E-state index < -0.39 is 18.0 Å². The second-order valence-corrected chi connectivity index (χ2v) is 9.54. The smallest absolute Gasteiger partial charge is 0.425 e. The predicted octanol–water partition coefficient (Wildman–Crippen LogP) is 6.14. The lowest BCUT2D eigenvalue weighted by Crippen LogP contribution is -2.31. The third-order valence-corrected chi connectivity index (χ3v) is 6.58. The van der Waals surface area contributed by atoms with Crippen LogP contribution in [0.4, 0.5) is 13.2 Å². The highest BCUT2D eigenvalue weighted by molar-refractivity contribution is 5.94. The molecule has 1 atom stereocenters. The number of fused-ring (bicyclic) bond motifs is 1. The zero-order chi connectivity index (χ0) is 29.9. The number of hydrogen-bond donors (Lipinski definition) is 0. The number of aryl methyl sites for hydroxylation is 1. The van der Waals surface area contributed by atoms with Crippen LogP contribution in [0.15, 0.2) is 78.0 Å². The highest BCUT2D eigenvalue weighted by Gasteiger charge is 2.38. The third kappa shape index (κ3) is 6.13.